The van der Waals surface area contributed by atoms with E-state index in [4.69, 9.17) is 14.2 Å². The van der Waals surface area contributed by atoms with Crippen molar-refractivity contribution in [3.63, 3.8) is 0 Å². The van der Waals surface area contributed by atoms with E-state index in [1.54, 1.807) is 54.4 Å². The van der Waals surface area contributed by atoms with Crippen LogP contribution in [0, 0.1) is 0 Å². The van der Waals surface area contributed by atoms with Gasteiger partial charge in [0.15, 0.2) is 0 Å². The lowest BCUT2D eigenvalue weighted by Gasteiger charge is -2.34. The van der Waals surface area contributed by atoms with Gasteiger partial charge in [-0.25, -0.2) is 0 Å². The fourth-order valence-corrected chi connectivity index (χ4v) is 3.41. The number of nitrogens with zero attached hydrogens (tertiary/aromatic N) is 2. The van der Waals surface area contributed by atoms with Gasteiger partial charge in [-0.1, -0.05) is 19.1 Å². The Morgan fingerprint density at radius 1 is 0.875 bits per heavy atom. The molecule has 0 saturated carbocycles. The zero-order valence-corrected chi connectivity index (χ0v) is 18.9. The molecule has 7 heteroatoms. The summed E-state index contributed by atoms with van der Waals surface area (Å²) >= 11 is 0. The number of hydrogen-bond donors (Lipinski definition) is 0. The number of piperazine rings is 1. The Balaban J connectivity index is 1.54. The summed E-state index contributed by atoms with van der Waals surface area (Å²) in [6.45, 7) is 4.67. The Hall–Kier alpha value is -3.48. The van der Waals surface area contributed by atoms with Crippen molar-refractivity contribution in [2.24, 2.45) is 0 Å². The molecule has 170 valence electrons. The van der Waals surface area contributed by atoms with Gasteiger partial charge in [0.05, 0.1) is 20.8 Å². The van der Waals surface area contributed by atoms with Crippen LogP contribution < -0.4 is 14.2 Å². The number of benzene rings is 2. The summed E-state index contributed by atoms with van der Waals surface area (Å²) in [7, 11) is 3.10. The fraction of sp³-hybridized carbons (Fsp3) is 0.360. The highest BCUT2D eigenvalue weighted by Gasteiger charge is 2.24. The summed E-state index contributed by atoms with van der Waals surface area (Å²) in [5.41, 5.74) is 1.44. The van der Waals surface area contributed by atoms with Crippen LogP contribution >= 0.6 is 0 Å². The SMILES string of the molecule is CCCOc1ccc(/C=C/C(=O)N2CCN(C(=O)c3cc(OC)cc(OC)c3)CC2)cc1. The first-order valence-electron chi connectivity index (χ1n) is 10.8. The van der Waals surface area contributed by atoms with Gasteiger partial charge in [-0.05, 0) is 42.3 Å². The number of amides is 2. The monoisotopic (exact) mass is 438 g/mol. The largest absolute Gasteiger partial charge is 0.497 e. The molecule has 0 N–H and O–H groups in total. The maximum absolute atomic E-state index is 12.9. The first kappa shape index (κ1) is 23.2. The molecule has 1 aliphatic rings. The van der Waals surface area contributed by atoms with Gasteiger partial charge in [-0.3, -0.25) is 9.59 Å². The second-order valence-electron chi connectivity index (χ2n) is 7.47. The maximum atomic E-state index is 12.9. The number of rotatable bonds is 8. The van der Waals surface area contributed by atoms with Crippen molar-refractivity contribution in [2.75, 3.05) is 47.0 Å². The molecule has 0 spiro atoms. The summed E-state index contributed by atoms with van der Waals surface area (Å²) in [5.74, 6) is 1.79. The second-order valence-corrected chi connectivity index (χ2v) is 7.47. The van der Waals surface area contributed by atoms with Gasteiger partial charge in [0, 0.05) is 43.9 Å². The molecule has 1 aliphatic heterocycles. The second kappa shape index (κ2) is 11.2. The Morgan fingerprint density at radius 3 is 2.03 bits per heavy atom. The molecule has 32 heavy (non-hydrogen) atoms. The average molecular weight is 439 g/mol. The zero-order valence-electron chi connectivity index (χ0n) is 18.9. The first-order valence-corrected chi connectivity index (χ1v) is 10.8. The Kier molecular flexibility index (Phi) is 8.14. The molecule has 2 aromatic rings. The van der Waals surface area contributed by atoms with Gasteiger partial charge in [0.25, 0.3) is 5.91 Å². The maximum Gasteiger partial charge on any atom is 0.254 e. The summed E-state index contributed by atoms with van der Waals surface area (Å²) in [6, 6.07) is 12.8. The van der Waals surface area contributed by atoms with Crippen LogP contribution in [0.5, 0.6) is 17.2 Å². The van der Waals surface area contributed by atoms with E-state index in [9.17, 15) is 9.59 Å². The molecule has 0 aliphatic carbocycles. The van der Waals surface area contributed by atoms with Crippen molar-refractivity contribution in [3.05, 3.63) is 59.7 Å². The quantitative estimate of drug-likeness (QED) is 0.590. The molecule has 0 aromatic heterocycles. The Morgan fingerprint density at radius 2 is 1.47 bits per heavy atom. The van der Waals surface area contributed by atoms with Gasteiger partial charge < -0.3 is 24.0 Å². The smallest absolute Gasteiger partial charge is 0.254 e. The summed E-state index contributed by atoms with van der Waals surface area (Å²) in [5, 5.41) is 0. The van der Waals surface area contributed by atoms with Crippen LogP contribution in [-0.4, -0.2) is 68.6 Å². The van der Waals surface area contributed by atoms with Crippen LogP contribution in [-0.2, 0) is 4.79 Å². The molecule has 0 unspecified atom stereocenters. The third kappa shape index (κ3) is 6.03. The van der Waals surface area contributed by atoms with E-state index in [-0.39, 0.29) is 11.8 Å². The molecule has 1 heterocycles. The molecular formula is C25H30N2O5. The van der Waals surface area contributed by atoms with Crippen molar-refractivity contribution in [1.82, 2.24) is 9.80 Å². The molecule has 3 rings (SSSR count). The third-order valence-corrected chi connectivity index (χ3v) is 5.25. The number of hydrogen-bond acceptors (Lipinski definition) is 5. The van der Waals surface area contributed by atoms with Gasteiger partial charge in [-0.2, -0.15) is 0 Å². The minimum Gasteiger partial charge on any atom is -0.497 e. The van der Waals surface area contributed by atoms with E-state index >= 15 is 0 Å². The van der Waals surface area contributed by atoms with Crippen molar-refractivity contribution in [2.45, 2.75) is 13.3 Å². The highest BCUT2D eigenvalue weighted by molar-refractivity contribution is 5.96. The summed E-state index contributed by atoms with van der Waals surface area (Å²) in [4.78, 5) is 29.0. The Bertz CT molecular complexity index is 925. The van der Waals surface area contributed by atoms with Gasteiger partial charge in [-0.15, -0.1) is 0 Å². The molecule has 2 aromatic carbocycles. The van der Waals surface area contributed by atoms with E-state index in [0.717, 1.165) is 17.7 Å². The lowest BCUT2D eigenvalue weighted by molar-refractivity contribution is -0.127. The predicted molar refractivity (Wildman–Crippen MR) is 123 cm³/mol. The zero-order chi connectivity index (χ0) is 22.9. The van der Waals surface area contributed by atoms with Crippen LogP contribution in [0.25, 0.3) is 6.08 Å². The number of carbonyl (C=O) groups is 2. The highest BCUT2D eigenvalue weighted by atomic mass is 16.5. The van der Waals surface area contributed by atoms with E-state index in [1.807, 2.05) is 24.3 Å². The van der Waals surface area contributed by atoms with Gasteiger partial charge in [0.1, 0.15) is 17.2 Å². The van der Waals surface area contributed by atoms with E-state index in [0.29, 0.717) is 49.8 Å². The standard InChI is InChI=1S/C25H30N2O5/c1-4-15-32-21-8-5-19(6-9-21)7-10-24(28)26-11-13-27(14-12-26)25(29)20-16-22(30-2)18-23(17-20)31-3/h5-10,16-18H,4,11-15H2,1-3H3/b10-7+. The topological polar surface area (TPSA) is 68.3 Å². The summed E-state index contributed by atoms with van der Waals surface area (Å²) in [6.07, 6.45) is 4.33. The van der Waals surface area contributed by atoms with Crippen LogP contribution in [0.4, 0.5) is 0 Å². The molecular weight excluding hydrogens is 408 g/mol. The molecule has 0 radical (unpaired) electrons. The van der Waals surface area contributed by atoms with Crippen LogP contribution in [0.2, 0.25) is 0 Å². The lowest BCUT2D eigenvalue weighted by Crippen LogP contribution is -2.50. The number of ether oxygens (including phenoxy) is 3. The molecule has 1 saturated heterocycles. The van der Waals surface area contributed by atoms with Crippen molar-refractivity contribution in [3.8, 4) is 17.2 Å². The normalized spacial score (nSPS) is 13.8. The fourth-order valence-electron chi connectivity index (χ4n) is 3.41. The first-order chi connectivity index (χ1) is 15.5. The van der Waals surface area contributed by atoms with Crippen molar-refractivity contribution < 1.29 is 23.8 Å². The third-order valence-electron chi connectivity index (χ3n) is 5.25. The van der Waals surface area contributed by atoms with Crippen molar-refractivity contribution >= 4 is 17.9 Å². The molecule has 2 amide bonds. The number of carbonyl (C=O) groups excluding carboxylic acids is 2. The van der Waals surface area contributed by atoms with E-state index < -0.39 is 0 Å². The molecule has 1 fully saturated rings. The Labute approximate surface area is 189 Å². The van der Waals surface area contributed by atoms with Gasteiger partial charge >= 0.3 is 0 Å². The minimum absolute atomic E-state index is 0.0635. The minimum atomic E-state index is -0.102. The predicted octanol–water partition coefficient (Wildman–Crippen LogP) is 3.49. The van der Waals surface area contributed by atoms with Crippen molar-refractivity contribution in [1.29, 1.82) is 0 Å². The van der Waals surface area contributed by atoms with Gasteiger partial charge in [0.2, 0.25) is 5.91 Å². The van der Waals surface area contributed by atoms with Crippen LogP contribution in [0.1, 0.15) is 29.3 Å². The molecule has 7 nitrogen and oxygen atoms in total. The highest BCUT2D eigenvalue weighted by Crippen LogP contribution is 2.24. The summed E-state index contributed by atoms with van der Waals surface area (Å²) < 4.78 is 16.1. The molecule has 0 atom stereocenters. The average Bonchev–Trinajstić information content (AvgIpc) is 2.85. The van der Waals surface area contributed by atoms with E-state index in [1.165, 1.54) is 0 Å². The number of methoxy groups -OCH3 is 2. The lowest BCUT2D eigenvalue weighted by atomic mass is 10.1. The van der Waals surface area contributed by atoms with Crippen LogP contribution in [0.3, 0.4) is 0 Å². The molecule has 0 bridgehead atoms. The van der Waals surface area contributed by atoms with E-state index in [2.05, 4.69) is 6.92 Å². The van der Waals surface area contributed by atoms with Crippen LogP contribution in [0.15, 0.2) is 48.5 Å².